The smallest absolute Gasteiger partial charge is 0.327 e. The van der Waals surface area contributed by atoms with Crippen LogP contribution in [0.5, 0.6) is 0 Å². The zero-order valence-electron chi connectivity index (χ0n) is 8.86. The van der Waals surface area contributed by atoms with Crippen LogP contribution in [0.2, 0.25) is 0 Å². The molecule has 1 aliphatic heterocycles. The Morgan fingerprint density at radius 1 is 1.53 bits per heavy atom. The maximum absolute atomic E-state index is 10.9. The van der Waals surface area contributed by atoms with Gasteiger partial charge in [0.15, 0.2) is 0 Å². The molecule has 1 aliphatic rings. The SMILES string of the molecule is CCCCCCC1SC(=S)NC1C(=O)O. The lowest BCUT2D eigenvalue weighted by molar-refractivity contribution is -0.138. The summed E-state index contributed by atoms with van der Waals surface area (Å²) in [5, 5.41) is 11.9. The molecule has 0 aromatic rings. The molecule has 0 aromatic heterocycles. The standard InChI is InChI=1S/C10H17NO2S2/c1-2-3-4-5-6-7-8(9(12)13)11-10(14)15-7/h7-8H,2-6H2,1H3,(H,11,14)(H,12,13). The zero-order chi connectivity index (χ0) is 11.3. The van der Waals surface area contributed by atoms with Crippen molar-refractivity contribution in [2.75, 3.05) is 0 Å². The van der Waals surface area contributed by atoms with Crippen LogP contribution in [0.4, 0.5) is 0 Å². The first-order valence-corrected chi connectivity index (χ1v) is 6.64. The monoisotopic (exact) mass is 247 g/mol. The topological polar surface area (TPSA) is 49.3 Å². The molecular weight excluding hydrogens is 230 g/mol. The fraction of sp³-hybridized carbons (Fsp3) is 0.800. The fourth-order valence-electron chi connectivity index (χ4n) is 1.68. The molecule has 1 rings (SSSR count). The van der Waals surface area contributed by atoms with Crippen molar-refractivity contribution in [1.82, 2.24) is 5.32 Å². The molecule has 86 valence electrons. The summed E-state index contributed by atoms with van der Waals surface area (Å²) in [5.74, 6) is -0.789. The molecule has 0 amide bonds. The maximum atomic E-state index is 10.9. The summed E-state index contributed by atoms with van der Waals surface area (Å²) in [7, 11) is 0. The minimum atomic E-state index is -0.789. The predicted molar refractivity (Wildman–Crippen MR) is 67.3 cm³/mol. The van der Waals surface area contributed by atoms with E-state index in [1.165, 1.54) is 31.0 Å². The predicted octanol–water partition coefficient (Wildman–Crippen LogP) is 2.40. The number of carboxylic acid groups (broad SMARTS) is 1. The Morgan fingerprint density at radius 3 is 2.87 bits per heavy atom. The van der Waals surface area contributed by atoms with Gasteiger partial charge in [0.2, 0.25) is 0 Å². The van der Waals surface area contributed by atoms with Crippen LogP contribution < -0.4 is 5.32 Å². The minimum absolute atomic E-state index is 0.117. The Balaban J connectivity index is 2.32. The van der Waals surface area contributed by atoms with Crippen molar-refractivity contribution in [2.45, 2.75) is 50.3 Å². The van der Waals surface area contributed by atoms with Crippen LogP contribution in [0.3, 0.4) is 0 Å². The van der Waals surface area contributed by atoms with E-state index >= 15 is 0 Å². The highest BCUT2D eigenvalue weighted by atomic mass is 32.2. The van der Waals surface area contributed by atoms with Crippen molar-refractivity contribution >= 4 is 34.3 Å². The number of rotatable bonds is 6. The zero-order valence-corrected chi connectivity index (χ0v) is 10.5. The number of unbranched alkanes of at least 4 members (excludes halogenated alkanes) is 3. The van der Waals surface area contributed by atoms with Gasteiger partial charge in [-0.25, -0.2) is 4.79 Å². The molecule has 2 atom stereocenters. The molecule has 0 bridgehead atoms. The summed E-state index contributed by atoms with van der Waals surface area (Å²) in [6, 6.07) is -0.482. The summed E-state index contributed by atoms with van der Waals surface area (Å²) < 4.78 is 0.628. The normalized spacial score (nSPS) is 25.3. The highest BCUT2D eigenvalue weighted by molar-refractivity contribution is 8.23. The van der Waals surface area contributed by atoms with E-state index in [0.29, 0.717) is 4.32 Å². The van der Waals surface area contributed by atoms with Crippen LogP contribution >= 0.6 is 24.0 Å². The average Bonchev–Trinajstić information content (AvgIpc) is 2.55. The minimum Gasteiger partial charge on any atom is -0.480 e. The Hall–Kier alpha value is -0.290. The van der Waals surface area contributed by atoms with Crippen LogP contribution in [0, 0.1) is 0 Å². The largest absolute Gasteiger partial charge is 0.480 e. The third-order valence-corrected chi connectivity index (χ3v) is 4.06. The molecule has 0 aromatic carbocycles. The highest BCUT2D eigenvalue weighted by Crippen LogP contribution is 2.28. The Kier molecular flexibility index (Phi) is 5.39. The number of aliphatic carboxylic acids is 1. The van der Waals surface area contributed by atoms with Crippen molar-refractivity contribution < 1.29 is 9.90 Å². The maximum Gasteiger partial charge on any atom is 0.327 e. The van der Waals surface area contributed by atoms with Gasteiger partial charge in [-0.1, -0.05) is 56.6 Å². The molecule has 2 unspecified atom stereocenters. The summed E-state index contributed by atoms with van der Waals surface area (Å²) in [6.07, 6.45) is 5.66. The average molecular weight is 247 g/mol. The van der Waals surface area contributed by atoms with Crippen LogP contribution in [0.15, 0.2) is 0 Å². The molecule has 3 nitrogen and oxygen atoms in total. The second kappa shape index (κ2) is 6.33. The molecule has 2 N–H and O–H groups in total. The first-order valence-electron chi connectivity index (χ1n) is 5.35. The molecule has 0 aliphatic carbocycles. The van der Waals surface area contributed by atoms with Crippen molar-refractivity contribution in [1.29, 1.82) is 0 Å². The van der Waals surface area contributed by atoms with Crippen molar-refractivity contribution in [3.63, 3.8) is 0 Å². The lowest BCUT2D eigenvalue weighted by Gasteiger charge is -2.13. The highest BCUT2D eigenvalue weighted by Gasteiger charge is 2.35. The van der Waals surface area contributed by atoms with E-state index in [0.717, 1.165) is 12.8 Å². The van der Waals surface area contributed by atoms with E-state index in [-0.39, 0.29) is 5.25 Å². The molecule has 15 heavy (non-hydrogen) atoms. The molecule has 1 heterocycles. The number of thiocarbonyl (C=S) groups is 1. The molecule has 0 radical (unpaired) electrons. The molecule has 5 heteroatoms. The van der Waals surface area contributed by atoms with Gasteiger partial charge < -0.3 is 10.4 Å². The number of hydrogen-bond donors (Lipinski definition) is 2. The fourth-order valence-corrected chi connectivity index (χ4v) is 3.25. The van der Waals surface area contributed by atoms with Gasteiger partial charge in [-0.15, -0.1) is 0 Å². The van der Waals surface area contributed by atoms with E-state index in [9.17, 15) is 4.79 Å². The lowest BCUT2D eigenvalue weighted by Crippen LogP contribution is -2.38. The second-order valence-electron chi connectivity index (χ2n) is 3.75. The van der Waals surface area contributed by atoms with E-state index in [1.54, 1.807) is 0 Å². The molecule has 1 saturated heterocycles. The quantitative estimate of drug-likeness (QED) is 0.557. The van der Waals surface area contributed by atoms with Crippen molar-refractivity contribution in [3.05, 3.63) is 0 Å². The van der Waals surface area contributed by atoms with Gasteiger partial charge in [0.05, 0.1) is 0 Å². The van der Waals surface area contributed by atoms with Crippen molar-refractivity contribution in [2.24, 2.45) is 0 Å². The lowest BCUT2D eigenvalue weighted by atomic mass is 10.1. The molecule has 0 saturated carbocycles. The van der Waals surface area contributed by atoms with Crippen LogP contribution in [0.1, 0.15) is 39.0 Å². The van der Waals surface area contributed by atoms with Crippen LogP contribution in [-0.2, 0) is 4.79 Å². The van der Waals surface area contributed by atoms with E-state index in [1.807, 2.05) is 0 Å². The van der Waals surface area contributed by atoms with Gasteiger partial charge in [0.25, 0.3) is 0 Å². The summed E-state index contributed by atoms with van der Waals surface area (Å²) in [4.78, 5) is 10.9. The molecular formula is C10H17NO2S2. The third-order valence-electron chi connectivity index (χ3n) is 2.51. The number of nitrogens with one attached hydrogen (secondary N) is 1. The number of hydrogen-bond acceptors (Lipinski definition) is 3. The number of thioether (sulfide) groups is 1. The van der Waals surface area contributed by atoms with Crippen LogP contribution in [-0.4, -0.2) is 26.7 Å². The van der Waals surface area contributed by atoms with E-state index in [4.69, 9.17) is 17.3 Å². The first kappa shape index (κ1) is 12.8. The summed E-state index contributed by atoms with van der Waals surface area (Å²) in [5.41, 5.74) is 0. The Bertz CT molecular complexity index is 246. The first-order chi connectivity index (χ1) is 7.15. The van der Waals surface area contributed by atoms with Crippen molar-refractivity contribution in [3.8, 4) is 0 Å². The van der Waals surface area contributed by atoms with Gasteiger partial charge >= 0.3 is 5.97 Å². The molecule has 1 fully saturated rings. The van der Waals surface area contributed by atoms with Gasteiger partial charge in [0.1, 0.15) is 10.4 Å². The van der Waals surface area contributed by atoms with E-state index in [2.05, 4.69) is 12.2 Å². The summed E-state index contributed by atoms with van der Waals surface area (Å²) in [6.45, 7) is 2.17. The third kappa shape index (κ3) is 3.99. The Labute approximate surface area is 100 Å². The van der Waals surface area contributed by atoms with E-state index < -0.39 is 12.0 Å². The van der Waals surface area contributed by atoms with Gasteiger partial charge in [-0.05, 0) is 6.42 Å². The van der Waals surface area contributed by atoms with Crippen LogP contribution in [0.25, 0.3) is 0 Å². The Morgan fingerprint density at radius 2 is 2.27 bits per heavy atom. The molecule has 0 spiro atoms. The van der Waals surface area contributed by atoms with Gasteiger partial charge in [-0.2, -0.15) is 0 Å². The van der Waals surface area contributed by atoms with Gasteiger partial charge in [-0.3, -0.25) is 0 Å². The second-order valence-corrected chi connectivity index (χ2v) is 5.67. The number of carbonyl (C=O) groups is 1. The van der Waals surface area contributed by atoms with Gasteiger partial charge in [0, 0.05) is 5.25 Å². The number of carboxylic acids is 1. The summed E-state index contributed by atoms with van der Waals surface area (Å²) >= 11 is 6.48.